The average molecular weight is 442 g/mol. The minimum atomic E-state index is -4.58. The van der Waals surface area contributed by atoms with E-state index in [1.807, 2.05) is 0 Å². The number of anilines is 1. The fourth-order valence-electron chi connectivity index (χ4n) is 2.72. The van der Waals surface area contributed by atoms with Crippen LogP contribution in [0.1, 0.15) is 19.4 Å². The number of nitrogens with zero attached hydrogens (tertiary/aromatic N) is 2. The molecule has 1 amide bonds. The van der Waals surface area contributed by atoms with Gasteiger partial charge in [0.25, 0.3) is 5.56 Å². The number of halogens is 3. The van der Waals surface area contributed by atoms with Gasteiger partial charge >= 0.3 is 6.18 Å². The van der Waals surface area contributed by atoms with Crippen LogP contribution in [0, 0.1) is 5.92 Å². The third-order valence-corrected chi connectivity index (χ3v) is 6.71. The van der Waals surface area contributed by atoms with Gasteiger partial charge in [0.15, 0.2) is 5.16 Å². The van der Waals surface area contributed by atoms with Crippen molar-refractivity contribution in [3.63, 3.8) is 0 Å². The van der Waals surface area contributed by atoms with Gasteiger partial charge in [-0.2, -0.15) is 13.2 Å². The number of carbonyl (C=O) groups excluding carboxylic acids is 1. The van der Waals surface area contributed by atoms with Crippen LogP contribution >= 0.6 is 23.1 Å². The van der Waals surface area contributed by atoms with Crippen molar-refractivity contribution in [2.24, 2.45) is 13.0 Å². The number of hydrogen-bond donors (Lipinski definition) is 1. The molecule has 1 atom stereocenters. The molecule has 10 heteroatoms. The maximum atomic E-state index is 13.2. The average Bonchev–Trinajstić information content (AvgIpc) is 3.11. The third-order valence-electron chi connectivity index (χ3n) is 4.23. The fourth-order valence-corrected chi connectivity index (χ4v) is 4.58. The monoisotopic (exact) mass is 441 g/mol. The molecular formula is C19H18F3N3O2S2. The van der Waals surface area contributed by atoms with Gasteiger partial charge in [-0.15, -0.1) is 11.3 Å². The van der Waals surface area contributed by atoms with E-state index < -0.39 is 22.9 Å². The van der Waals surface area contributed by atoms with E-state index in [9.17, 15) is 22.8 Å². The van der Waals surface area contributed by atoms with Crippen molar-refractivity contribution in [3.8, 4) is 0 Å². The summed E-state index contributed by atoms with van der Waals surface area (Å²) in [5, 5.41) is 3.74. The molecule has 1 N–H and O–H groups in total. The molecule has 3 rings (SSSR count). The number of para-hydroxylation sites is 1. The van der Waals surface area contributed by atoms with Gasteiger partial charge in [0, 0.05) is 7.05 Å². The molecule has 0 radical (unpaired) electrons. The molecule has 1 aromatic carbocycles. The highest BCUT2D eigenvalue weighted by atomic mass is 32.2. The third kappa shape index (κ3) is 4.48. The topological polar surface area (TPSA) is 64.0 Å². The molecule has 0 saturated carbocycles. The number of benzene rings is 1. The van der Waals surface area contributed by atoms with Crippen molar-refractivity contribution in [3.05, 3.63) is 51.6 Å². The lowest BCUT2D eigenvalue weighted by Gasteiger charge is -2.21. The fraction of sp³-hybridized carbons (Fsp3) is 0.316. The van der Waals surface area contributed by atoms with E-state index in [1.165, 1.54) is 34.1 Å². The van der Waals surface area contributed by atoms with Gasteiger partial charge in [-0.1, -0.05) is 37.7 Å². The molecule has 0 saturated heterocycles. The Balaban J connectivity index is 1.91. The summed E-state index contributed by atoms with van der Waals surface area (Å²) in [6.45, 7) is 3.57. The second kappa shape index (κ2) is 8.19. The van der Waals surface area contributed by atoms with E-state index in [4.69, 9.17) is 0 Å². The smallest absolute Gasteiger partial charge is 0.325 e. The maximum absolute atomic E-state index is 13.2. The largest absolute Gasteiger partial charge is 0.418 e. The summed E-state index contributed by atoms with van der Waals surface area (Å²) in [7, 11) is 1.56. The molecule has 0 aliphatic heterocycles. The number of fused-ring (bicyclic) bond motifs is 1. The summed E-state index contributed by atoms with van der Waals surface area (Å²) in [5.74, 6) is -0.797. The zero-order valence-electron chi connectivity index (χ0n) is 15.8. The molecule has 2 aromatic heterocycles. The Kier molecular flexibility index (Phi) is 6.04. The van der Waals surface area contributed by atoms with Gasteiger partial charge in [0.1, 0.15) is 4.70 Å². The Morgan fingerprint density at radius 3 is 2.59 bits per heavy atom. The van der Waals surface area contributed by atoms with E-state index >= 15 is 0 Å². The van der Waals surface area contributed by atoms with Crippen LogP contribution in [-0.4, -0.2) is 20.7 Å². The number of alkyl halides is 3. The first kappa shape index (κ1) is 21.4. The van der Waals surface area contributed by atoms with Gasteiger partial charge in [0.05, 0.1) is 22.0 Å². The van der Waals surface area contributed by atoms with E-state index in [0.29, 0.717) is 15.4 Å². The zero-order valence-corrected chi connectivity index (χ0v) is 17.4. The molecule has 0 aliphatic rings. The van der Waals surface area contributed by atoms with Crippen molar-refractivity contribution in [1.29, 1.82) is 0 Å². The van der Waals surface area contributed by atoms with Crippen LogP contribution in [0.25, 0.3) is 10.2 Å². The molecule has 1 unspecified atom stereocenters. The second-order valence-electron chi connectivity index (χ2n) is 6.71. The highest BCUT2D eigenvalue weighted by molar-refractivity contribution is 8.00. The van der Waals surface area contributed by atoms with Crippen LogP contribution in [0.5, 0.6) is 0 Å². The first-order valence-corrected chi connectivity index (χ1v) is 10.4. The molecule has 154 valence electrons. The molecule has 0 bridgehead atoms. The summed E-state index contributed by atoms with van der Waals surface area (Å²) >= 11 is 2.34. The molecule has 29 heavy (non-hydrogen) atoms. The minimum absolute atomic E-state index is 0.215. The molecule has 0 aliphatic carbocycles. The first-order valence-electron chi connectivity index (χ1n) is 8.67. The lowest BCUT2D eigenvalue weighted by molar-refractivity contribution is -0.137. The van der Waals surface area contributed by atoms with Crippen LogP contribution in [-0.2, 0) is 18.0 Å². The standard InChI is InChI=1S/C19H18F3N3O2S2/c1-10(2)14(16(26)23-12-7-5-4-6-11(12)19(20,21)22)29-18-24-13-8-9-28-15(13)17(27)25(18)3/h4-10,14H,1-3H3,(H,23,26). The highest BCUT2D eigenvalue weighted by Gasteiger charge is 2.34. The van der Waals surface area contributed by atoms with Gasteiger partial charge in [-0.05, 0) is 29.5 Å². The Hall–Kier alpha value is -2.33. The quantitative estimate of drug-likeness (QED) is 0.458. The van der Waals surface area contributed by atoms with E-state index in [1.54, 1.807) is 32.3 Å². The van der Waals surface area contributed by atoms with Crippen LogP contribution < -0.4 is 10.9 Å². The Morgan fingerprint density at radius 2 is 1.93 bits per heavy atom. The predicted molar refractivity (Wildman–Crippen MR) is 109 cm³/mol. The summed E-state index contributed by atoms with van der Waals surface area (Å²) in [4.78, 5) is 29.7. The number of aromatic nitrogens is 2. The molecule has 3 aromatic rings. The number of thioether (sulfide) groups is 1. The van der Waals surface area contributed by atoms with Crippen molar-refractivity contribution in [2.75, 3.05) is 5.32 Å². The molecular weight excluding hydrogens is 423 g/mol. The molecule has 5 nitrogen and oxygen atoms in total. The summed E-state index contributed by atoms with van der Waals surface area (Å²) in [6.07, 6.45) is -4.58. The second-order valence-corrected chi connectivity index (χ2v) is 8.73. The lowest BCUT2D eigenvalue weighted by Crippen LogP contribution is -2.31. The molecule has 2 heterocycles. The van der Waals surface area contributed by atoms with Crippen molar-refractivity contribution in [2.45, 2.75) is 30.4 Å². The number of carbonyl (C=O) groups is 1. The number of thiophene rings is 1. The van der Waals surface area contributed by atoms with E-state index in [2.05, 4.69) is 10.3 Å². The van der Waals surface area contributed by atoms with Crippen molar-refractivity contribution < 1.29 is 18.0 Å². The van der Waals surface area contributed by atoms with Crippen LogP contribution in [0.3, 0.4) is 0 Å². The number of rotatable bonds is 5. The summed E-state index contributed by atoms with van der Waals surface area (Å²) in [5.41, 5.74) is -0.902. The molecule has 0 fully saturated rings. The van der Waals surface area contributed by atoms with Crippen LogP contribution in [0.2, 0.25) is 0 Å². The van der Waals surface area contributed by atoms with Gasteiger partial charge in [-0.3, -0.25) is 14.2 Å². The summed E-state index contributed by atoms with van der Waals surface area (Å²) in [6, 6.07) is 6.55. The number of nitrogens with one attached hydrogen (secondary N) is 1. The maximum Gasteiger partial charge on any atom is 0.418 e. The van der Waals surface area contributed by atoms with Crippen LogP contribution in [0.4, 0.5) is 18.9 Å². The van der Waals surface area contributed by atoms with Gasteiger partial charge in [0.2, 0.25) is 5.91 Å². The van der Waals surface area contributed by atoms with Gasteiger partial charge < -0.3 is 5.32 Å². The Labute approximate surface area is 173 Å². The highest BCUT2D eigenvalue weighted by Crippen LogP contribution is 2.35. The van der Waals surface area contributed by atoms with Crippen molar-refractivity contribution in [1.82, 2.24) is 9.55 Å². The van der Waals surface area contributed by atoms with Gasteiger partial charge in [-0.25, -0.2) is 4.98 Å². The number of amides is 1. The van der Waals surface area contributed by atoms with Crippen LogP contribution in [0.15, 0.2) is 45.7 Å². The first-order chi connectivity index (χ1) is 13.6. The predicted octanol–water partition coefficient (Wildman–Crippen LogP) is 4.77. The SMILES string of the molecule is CC(C)C(Sc1nc2ccsc2c(=O)n1C)C(=O)Nc1ccccc1C(F)(F)F. The minimum Gasteiger partial charge on any atom is -0.325 e. The number of hydrogen-bond acceptors (Lipinski definition) is 5. The zero-order chi connectivity index (χ0) is 21.3. The van der Waals surface area contributed by atoms with E-state index in [-0.39, 0.29) is 17.2 Å². The summed E-state index contributed by atoms with van der Waals surface area (Å²) < 4.78 is 41.5. The van der Waals surface area contributed by atoms with E-state index in [0.717, 1.165) is 17.8 Å². The Bertz CT molecular complexity index is 1110. The van der Waals surface area contributed by atoms with Crippen molar-refractivity contribution >= 4 is 44.9 Å². The lowest BCUT2D eigenvalue weighted by atomic mass is 10.1. The Morgan fingerprint density at radius 1 is 1.24 bits per heavy atom. The normalized spacial score (nSPS) is 13.1. The molecule has 0 spiro atoms.